The molecule has 0 amide bonds. The number of nitrogens with one attached hydrogen (secondary N) is 1. The molecule has 2 aromatic carbocycles. The summed E-state index contributed by atoms with van der Waals surface area (Å²) in [5, 5.41) is 8.76. The number of fused-ring (bicyclic) bond motifs is 1. The van der Waals surface area contributed by atoms with Crippen LogP contribution >= 0.6 is 11.8 Å². The fourth-order valence-corrected chi connectivity index (χ4v) is 4.70. The number of benzene rings is 2. The summed E-state index contributed by atoms with van der Waals surface area (Å²) in [5.41, 5.74) is 2.60. The molecule has 0 saturated carbocycles. The second-order valence-electron chi connectivity index (χ2n) is 8.71. The zero-order valence-electron chi connectivity index (χ0n) is 17.8. The van der Waals surface area contributed by atoms with Crippen molar-refractivity contribution in [1.82, 2.24) is 14.8 Å². The van der Waals surface area contributed by atoms with Gasteiger partial charge in [-0.3, -0.25) is 4.79 Å². The van der Waals surface area contributed by atoms with E-state index >= 15 is 0 Å². The fourth-order valence-electron chi connectivity index (χ4n) is 4.36. The number of anilines is 1. The number of allylic oxidation sites excluding steroid dienone is 2. The molecule has 6 nitrogen and oxygen atoms in total. The summed E-state index contributed by atoms with van der Waals surface area (Å²) in [6.07, 6.45) is 3.27. The molecule has 2 aliphatic rings. The van der Waals surface area contributed by atoms with Gasteiger partial charge in [-0.05, 0) is 47.9 Å². The van der Waals surface area contributed by atoms with Crippen LogP contribution in [0, 0.1) is 5.41 Å². The van der Waals surface area contributed by atoms with Crippen LogP contribution in [0.3, 0.4) is 0 Å². The van der Waals surface area contributed by atoms with Gasteiger partial charge in [0.1, 0.15) is 17.5 Å². The molecule has 0 radical (unpaired) electrons. The number of ketones is 1. The third-order valence-corrected chi connectivity index (χ3v) is 6.19. The number of Topliss-reactive ketones (excluding diaryl/α,β-unsaturated/α-hetero) is 1. The van der Waals surface area contributed by atoms with Crippen molar-refractivity contribution in [3.8, 4) is 11.5 Å². The molecule has 0 saturated heterocycles. The van der Waals surface area contributed by atoms with Crippen molar-refractivity contribution in [1.29, 1.82) is 0 Å². The largest absolute Gasteiger partial charge is 0.457 e. The van der Waals surface area contributed by atoms with Gasteiger partial charge < -0.3 is 10.1 Å². The second-order valence-corrected chi connectivity index (χ2v) is 9.49. The van der Waals surface area contributed by atoms with Crippen LogP contribution in [0.2, 0.25) is 0 Å². The maximum absolute atomic E-state index is 13.3. The number of hydrogen-bond acceptors (Lipinski definition) is 6. The van der Waals surface area contributed by atoms with Crippen molar-refractivity contribution in [2.75, 3.05) is 11.6 Å². The van der Waals surface area contributed by atoms with Gasteiger partial charge in [0.2, 0.25) is 11.1 Å². The highest BCUT2D eigenvalue weighted by atomic mass is 32.2. The summed E-state index contributed by atoms with van der Waals surface area (Å²) in [4.78, 5) is 17.9. The molecule has 1 atom stereocenters. The standard InChI is InChI=1S/C24H24N4O2S/c1-24(2)13-18-20(19(29)14-24)21(28-22(25-18)26-23(27-28)31-3)15-8-7-11-17(12-15)30-16-9-5-4-6-10-16/h4-12,21H,13-14H2,1-3H3,(H,25,26,27). The molecule has 31 heavy (non-hydrogen) atoms. The van der Waals surface area contributed by atoms with E-state index in [-0.39, 0.29) is 17.2 Å². The van der Waals surface area contributed by atoms with Gasteiger partial charge in [0.15, 0.2) is 5.78 Å². The number of para-hydroxylation sites is 1. The number of hydrogen-bond donors (Lipinski definition) is 1. The summed E-state index contributed by atoms with van der Waals surface area (Å²) >= 11 is 1.49. The molecule has 0 spiro atoms. The summed E-state index contributed by atoms with van der Waals surface area (Å²) in [6, 6.07) is 17.2. The van der Waals surface area contributed by atoms with E-state index in [1.165, 1.54) is 11.8 Å². The number of aromatic nitrogens is 3. The average molecular weight is 433 g/mol. The first-order valence-corrected chi connectivity index (χ1v) is 11.5. The van der Waals surface area contributed by atoms with Gasteiger partial charge in [0.05, 0.1) is 0 Å². The lowest BCUT2D eigenvalue weighted by Gasteiger charge is -2.38. The first-order chi connectivity index (χ1) is 14.9. The molecule has 1 N–H and O–H groups in total. The lowest BCUT2D eigenvalue weighted by molar-refractivity contribution is -0.118. The SMILES string of the molecule is CSc1nc2n(n1)C(c1cccc(Oc3ccccc3)c1)C1=C(CC(C)(C)CC1=O)N2. The Labute approximate surface area is 185 Å². The number of carbonyl (C=O) groups excluding carboxylic acids is 1. The third-order valence-electron chi connectivity index (χ3n) is 5.65. The normalized spacial score (nSPS) is 19.5. The number of thioether (sulfide) groups is 1. The van der Waals surface area contributed by atoms with Gasteiger partial charge in [-0.2, -0.15) is 4.98 Å². The van der Waals surface area contributed by atoms with Gasteiger partial charge in [0.25, 0.3) is 0 Å². The lowest BCUT2D eigenvalue weighted by atomic mass is 9.73. The molecule has 1 unspecified atom stereocenters. The lowest BCUT2D eigenvalue weighted by Crippen LogP contribution is -2.36. The molecule has 1 aliphatic heterocycles. The van der Waals surface area contributed by atoms with Gasteiger partial charge in [-0.1, -0.05) is 55.9 Å². The topological polar surface area (TPSA) is 69.0 Å². The number of rotatable bonds is 4. The van der Waals surface area contributed by atoms with Crippen molar-refractivity contribution in [3.05, 3.63) is 71.4 Å². The molecule has 0 bridgehead atoms. The minimum atomic E-state index is -0.331. The van der Waals surface area contributed by atoms with Crippen molar-refractivity contribution in [2.45, 2.75) is 37.9 Å². The minimum absolute atomic E-state index is 0.0870. The first kappa shape index (κ1) is 19.9. The van der Waals surface area contributed by atoms with Crippen molar-refractivity contribution in [3.63, 3.8) is 0 Å². The maximum atomic E-state index is 13.3. The monoisotopic (exact) mass is 432 g/mol. The Kier molecular flexibility index (Phi) is 4.85. The molecule has 2 heterocycles. The summed E-state index contributed by atoms with van der Waals surface area (Å²) in [7, 11) is 0. The van der Waals surface area contributed by atoms with Crippen molar-refractivity contribution in [2.24, 2.45) is 5.41 Å². The number of ether oxygens (including phenoxy) is 1. The van der Waals surface area contributed by atoms with E-state index in [1.54, 1.807) is 0 Å². The molecule has 1 aliphatic carbocycles. The van der Waals surface area contributed by atoms with Crippen LogP contribution in [0.4, 0.5) is 5.95 Å². The zero-order valence-corrected chi connectivity index (χ0v) is 18.6. The predicted octanol–water partition coefficient (Wildman–Crippen LogP) is 5.45. The number of carbonyl (C=O) groups is 1. The molecule has 1 aromatic heterocycles. The zero-order chi connectivity index (χ0) is 21.6. The van der Waals surface area contributed by atoms with Gasteiger partial charge in [-0.25, -0.2) is 4.68 Å². The number of nitrogens with zero attached hydrogens (tertiary/aromatic N) is 3. The van der Waals surface area contributed by atoms with E-state index in [1.807, 2.05) is 65.5 Å². The summed E-state index contributed by atoms with van der Waals surface area (Å²) < 4.78 is 7.89. The van der Waals surface area contributed by atoms with Crippen LogP contribution in [0.5, 0.6) is 11.5 Å². The molecule has 0 fully saturated rings. The third kappa shape index (κ3) is 3.74. The Morgan fingerprint density at radius 3 is 2.65 bits per heavy atom. The van der Waals surface area contributed by atoms with Crippen LogP contribution in [0.25, 0.3) is 0 Å². The van der Waals surface area contributed by atoms with E-state index in [4.69, 9.17) is 4.74 Å². The molecule has 158 valence electrons. The van der Waals surface area contributed by atoms with Gasteiger partial charge in [0, 0.05) is 17.7 Å². The predicted molar refractivity (Wildman–Crippen MR) is 122 cm³/mol. The summed E-state index contributed by atoms with van der Waals surface area (Å²) in [5.74, 6) is 2.32. The Morgan fingerprint density at radius 1 is 1.10 bits per heavy atom. The quantitative estimate of drug-likeness (QED) is 0.553. The second kappa shape index (κ2) is 7.57. The minimum Gasteiger partial charge on any atom is -0.457 e. The van der Waals surface area contributed by atoms with E-state index in [2.05, 4.69) is 29.2 Å². The maximum Gasteiger partial charge on any atom is 0.227 e. The highest BCUT2D eigenvalue weighted by molar-refractivity contribution is 7.98. The van der Waals surface area contributed by atoms with Crippen LogP contribution in [0.1, 0.15) is 38.3 Å². The van der Waals surface area contributed by atoms with Crippen LogP contribution < -0.4 is 10.1 Å². The van der Waals surface area contributed by atoms with E-state index in [9.17, 15) is 4.79 Å². The van der Waals surface area contributed by atoms with E-state index in [0.717, 1.165) is 34.8 Å². The average Bonchev–Trinajstić information content (AvgIpc) is 3.15. The molecule has 7 heteroatoms. The van der Waals surface area contributed by atoms with Crippen LogP contribution in [-0.2, 0) is 4.79 Å². The van der Waals surface area contributed by atoms with Gasteiger partial charge in [-0.15, -0.1) is 5.10 Å². The smallest absolute Gasteiger partial charge is 0.227 e. The highest BCUT2D eigenvalue weighted by Gasteiger charge is 2.41. The summed E-state index contributed by atoms with van der Waals surface area (Å²) in [6.45, 7) is 4.26. The fraction of sp³-hybridized carbons (Fsp3) is 0.292. The van der Waals surface area contributed by atoms with Gasteiger partial charge >= 0.3 is 0 Å². The molecular formula is C24H24N4O2S. The Hall–Kier alpha value is -3.06. The van der Waals surface area contributed by atoms with E-state index in [0.29, 0.717) is 17.5 Å². The molecule has 5 rings (SSSR count). The Bertz CT molecular complexity index is 1180. The van der Waals surface area contributed by atoms with Crippen molar-refractivity contribution >= 4 is 23.5 Å². The first-order valence-electron chi connectivity index (χ1n) is 10.3. The molecule has 3 aromatic rings. The van der Waals surface area contributed by atoms with Crippen LogP contribution in [-0.4, -0.2) is 26.8 Å². The Balaban J connectivity index is 1.61. The molecular weight excluding hydrogens is 408 g/mol. The Morgan fingerprint density at radius 2 is 1.87 bits per heavy atom. The highest BCUT2D eigenvalue weighted by Crippen LogP contribution is 2.46. The van der Waals surface area contributed by atoms with Crippen molar-refractivity contribution < 1.29 is 9.53 Å². The van der Waals surface area contributed by atoms with E-state index < -0.39 is 0 Å². The van der Waals surface area contributed by atoms with Crippen LogP contribution in [0.15, 0.2) is 71.0 Å².